The maximum Gasteiger partial charge on any atom is 0.218 e. The van der Waals surface area contributed by atoms with Crippen LogP contribution in [0.25, 0.3) is 0 Å². The van der Waals surface area contributed by atoms with Gasteiger partial charge in [0.05, 0.1) is 17.1 Å². The maximum absolute atomic E-state index is 12.1. The molecule has 0 N–H and O–H groups in total. The Labute approximate surface area is 191 Å². The first-order chi connectivity index (χ1) is 16.2. The van der Waals surface area contributed by atoms with Crippen LogP contribution < -0.4 is 14.7 Å². The highest BCUT2D eigenvalue weighted by atomic mass is 16.1. The summed E-state index contributed by atoms with van der Waals surface area (Å²) in [6, 6.07) is 32.7. The van der Waals surface area contributed by atoms with E-state index in [0.717, 1.165) is 0 Å². The molecule has 0 aliphatic carbocycles. The standard InChI is InChI=1S/C27H21N3O3/c31-19-28(22-10-4-1-5-11-22)25-16-26(29(20-32)23-12-6-2-7-13-23)18-27(17-25)30(21-33)24-14-8-3-9-15-24/h1-21H. The van der Waals surface area contributed by atoms with E-state index in [2.05, 4.69) is 0 Å². The molecular weight excluding hydrogens is 414 g/mol. The average Bonchev–Trinajstić information content (AvgIpc) is 2.87. The second-order valence-electron chi connectivity index (χ2n) is 7.14. The molecule has 0 atom stereocenters. The first-order valence-corrected chi connectivity index (χ1v) is 10.3. The molecule has 6 nitrogen and oxygen atoms in total. The number of hydrogen-bond acceptors (Lipinski definition) is 3. The predicted molar refractivity (Wildman–Crippen MR) is 130 cm³/mol. The molecule has 0 fully saturated rings. The number of nitrogens with zero attached hydrogens (tertiary/aromatic N) is 3. The van der Waals surface area contributed by atoms with Crippen LogP contribution in [-0.2, 0) is 14.4 Å². The van der Waals surface area contributed by atoms with Crippen molar-refractivity contribution in [2.45, 2.75) is 0 Å². The molecule has 3 amide bonds. The monoisotopic (exact) mass is 435 g/mol. The number of carbonyl (C=O) groups excluding carboxylic acids is 3. The van der Waals surface area contributed by atoms with Gasteiger partial charge in [-0.05, 0) is 54.6 Å². The fourth-order valence-electron chi connectivity index (χ4n) is 3.57. The van der Waals surface area contributed by atoms with Crippen molar-refractivity contribution in [2.24, 2.45) is 0 Å². The van der Waals surface area contributed by atoms with Crippen molar-refractivity contribution >= 4 is 53.4 Å². The predicted octanol–water partition coefficient (Wildman–Crippen LogP) is 5.57. The van der Waals surface area contributed by atoms with E-state index in [-0.39, 0.29) is 0 Å². The quantitative estimate of drug-likeness (QED) is 0.323. The van der Waals surface area contributed by atoms with E-state index in [4.69, 9.17) is 0 Å². The number of para-hydroxylation sites is 3. The lowest BCUT2D eigenvalue weighted by Crippen LogP contribution is -2.20. The van der Waals surface area contributed by atoms with Crippen molar-refractivity contribution in [1.82, 2.24) is 0 Å². The Morgan fingerprint density at radius 3 is 0.818 bits per heavy atom. The molecule has 0 saturated carbocycles. The highest BCUT2D eigenvalue weighted by molar-refractivity contribution is 5.96. The Kier molecular flexibility index (Phi) is 6.56. The van der Waals surface area contributed by atoms with Crippen LogP contribution in [0.3, 0.4) is 0 Å². The van der Waals surface area contributed by atoms with Crippen molar-refractivity contribution in [3.63, 3.8) is 0 Å². The maximum atomic E-state index is 12.1. The highest BCUT2D eigenvalue weighted by Gasteiger charge is 2.18. The fourth-order valence-corrected chi connectivity index (χ4v) is 3.57. The molecule has 0 aromatic heterocycles. The largest absolute Gasteiger partial charge is 0.283 e. The number of anilines is 6. The minimum atomic E-state index is 0.509. The molecule has 4 aromatic carbocycles. The Morgan fingerprint density at radius 2 is 0.606 bits per heavy atom. The molecule has 162 valence electrons. The van der Waals surface area contributed by atoms with Crippen molar-refractivity contribution < 1.29 is 14.4 Å². The van der Waals surface area contributed by atoms with Gasteiger partial charge >= 0.3 is 0 Å². The molecule has 0 spiro atoms. The summed E-state index contributed by atoms with van der Waals surface area (Å²) < 4.78 is 0. The smallest absolute Gasteiger partial charge is 0.218 e. The van der Waals surface area contributed by atoms with Crippen molar-refractivity contribution in [3.05, 3.63) is 109 Å². The second kappa shape index (κ2) is 10.1. The van der Waals surface area contributed by atoms with Crippen LogP contribution in [0.15, 0.2) is 109 Å². The molecule has 6 heteroatoms. The number of carbonyl (C=O) groups is 3. The van der Waals surface area contributed by atoms with Gasteiger partial charge in [0.25, 0.3) is 0 Å². The average molecular weight is 435 g/mol. The number of rotatable bonds is 9. The molecule has 0 bridgehead atoms. The third-order valence-electron chi connectivity index (χ3n) is 5.14. The molecule has 0 heterocycles. The number of hydrogen-bond donors (Lipinski definition) is 0. The second-order valence-corrected chi connectivity index (χ2v) is 7.14. The molecule has 4 rings (SSSR count). The van der Waals surface area contributed by atoms with Gasteiger partial charge in [-0.2, -0.15) is 0 Å². The summed E-state index contributed by atoms with van der Waals surface area (Å²) in [6.07, 6.45) is 2.12. The first-order valence-electron chi connectivity index (χ1n) is 10.3. The summed E-state index contributed by atoms with van der Waals surface area (Å²) in [4.78, 5) is 40.7. The summed E-state index contributed by atoms with van der Waals surface area (Å²) in [5.41, 5.74) is 3.50. The van der Waals surface area contributed by atoms with Gasteiger partial charge in [-0.1, -0.05) is 54.6 Å². The Balaban J connectivity index is 1.90. The van der Waals surface area contributed by atoms with Crippen molar-refractivity contribution in [2.75, 3.05) is 14.7 Å². The summed E-state index contributed by atoms with van der Waals surface area (Å²) in [5, 5.41) is 0. The summed E-state index contributed by atoms with van der Waals surface area (Å²) in [5.74, 6) is 0. The van der Waals surface area contributed by atoms with E-state index in [0.29, 0.717) is 53.4 Å². The van der Waals surface area contributed by atoms with Gasteiger partial charge in [0, 0.05) is 17.1 Å². The normalized spacial score (nSPS) is 10.2. The van der Waals surface area contributed by atoms with Crippen LogP contribution in [0.2, 0.25) is 0 Å². The lowest BCUT2D eigenvalue weighted by atomic mass is 10.1. The third-order valence-corrected chi connectivity index (χ3v) is 5.14. The van der Waals surface area contributed by atoms with E-state index in [9.17, 15) is 14.4 Å². The van der Waals surface area contributed by atoms with E-state index < -0.39 is 0 Å². The van der Waals surface area contributed by atoms with Crippen LogP contribution in [-0.4, -0.2) is 19.2 Å². The van der Waals surface area contributed by atoms with Gasteiger partial charge in [0.15, 0.2) is 0 Å². The highest BCUT2D eigenvalue weighted by Crippen LogP contribution is 2.37. The molecule has 0 aliphatic heterocycles. The summed E-state index contributed by atoms with van der Waals surface area (Å²) in [7, 11) is 0. The van der Waals surface area contributed by atoms with Gasteiger partial charge in [0.2, 0.25) is 19.2 Å². The van der Waals surface area contributed by atoms with Gasteiger partial charge in [-0.15, -0.1) is 0 Å². The van der Waals surface area contributed by atoms with Crippen LogP contribution in [0, 0.1) is 0 Å². The summed E-state index contributed by atoms with van der Waals surface area (Å²) >= 11 is 0. The van der Waals surface area contributed by atoms with Gasteiger partial charge in [-0.3, -0.25) is 29.1 Å². The van der Waals surface area contributed by atoms with Gasteiger partial charge < -0.3 is 0 Å². The van der Waals surface area contributed by atoms with E-state index >= 15 is 0 Å². The summed E-state index contributed by atoms with van der Waals surface area (Å²) in [6.45, 7) is 0. The lowest BCUT2D eigenvalue weighted by molar-refractivity contribution is -0.107. The van der Waals surface area contributed by atoms with Gasteiger partial charge in [-0.25, -0.2) is 0 Å². The molecule has 0 radical (unpaired) electrons. The van der Waals surface area contributed by atoms with Crippen LogP contribution in [0.1, 0.15) is 0 Å². The SMILES string of the molecule is O=CN(c1ccccc1)c1cc(N(C=O)c2ccccc2)cc(N(C=O)c2ccccc2)c1. The van der Waals surface area contributed by atoms with E-state index in [1.807, 2.05) is 91.0 Å². The molecule has 33 heavy (non-hydrogen) atoms. The topological polar surface area (TPSA) is 60.9 Å². The Bertz CT molecular complexity index is 1060. The minimum Gasteiger partial charge on any atom is -0.283 e. The van der Waals surface area contributed by atoms with Crippen molar-refractivity contribution in [3.8, 4) is 0 Å². The van der Waals surface area contributed by atoms with Crippen LogP contribution in [0.4, 0.5) is 34.1 Å². The van der Waals surface area contributed by atoms with Crippen LogP contribution in [0.5, 0.6) is 0 Å². The molecular formula is C27H21N3O3. The lowest BCUT2D eigenvalue weighted by Gasteiger charge is -2.26. The zero-order valence-corrected chi connectivity index (χ0v) is 17.7. The minimum absolute atomic E-state index is 0.509. The van der Waals surface area contributed by atoms with Gasteiger partial charge in [0.1, 0.15) is 0 Å². The number of benzene rings is 4. The molecule has 0 aliphatic rings. The molecule has 4 aromatic rings. The molecule has 0 saturated heterocycles. The zero-order chi connectivity index (χ0) is 23.0. The van der Waals surface area contributed by atoms with Crippen molar-refractivity contribution in [1.29, 1.82) is 0 Å². The van der Waals surface area contributed by atoms with E-state index in [1.165, 1.54) is 14.7 Å². The Hall–Kier alpha value is -4.71. The van der Waals surface area contributed by atoms with Crippen LogP contribution >= 0.6 is 0 Å². The first kappa shape index (κ1) is 21.5. The fraction of sp³-hybridized carbons (Fsp3) is 0. The zero-order valence-electron chi connectivity index (χ0n) is 17.7. The third kappa shape index (κ3) is 4.65. The molecule has 0 unspecified atom stereocenters. The number of amides is 3. The Morgan fingerprint density at radius 1 is 0.364 bits per heavy atom. The van der Waals surface area contributed by atoms with E-state index in [1.54, 1.807) is 18.2 Å².